The maximum absolute atomic E-state index is 13.0. The molecule has 1 aliphatic rings. The molecule has 1 heterocycles. The van der Waals surface area contributed by atoms with Gasteiger partial charge < -0.3 is 4.90 Å². The number of anilines is 1. The molecule has 0 aliphatic carbocycles. The summed E-state index contributed by atoms with van der Waals surface area (Å²) in [5.41, 5.74) is 4.38. The predicted molar refractivity (Wildman–Crippen MR) is 107 cm³/mol. The van der Waals surface area contributed by atoms with Gasteiger partial charge in [-0.1, -0.05) is 43.7 Å². The largest absolute Gasteiger partial charge is 0.369 e. The van der Waals surface area contributed by atoms with Gasteiger partial charge in [0, 0.05) is 31.9 Å². The fraction of sp³-hybridized carbons (Fsp3) is 0.429. The minimum atomic E-state index is -3.43. The molecule has 0 amide bonds. The maximum Gasteiger partial charge on any atom is 0.243 e. The average molecular weight is 373 g/mol. The normalized spacial score (nSPS) is 16.3. The first-order valence-electron chi connectivity index (χ1n) is 9.21. The van der Waals surface area contributed by atoms with E-state index < -0.39 is 10.0 Å². The smallest absolute Gasteiger partial charge is 0.243 e. The molecule has 2 aromatic carbocycles. The Bertz CT molecular complexity index is 865. The summed E-state index contributed by atoms with van der Waals surface area (Å²) in [6, 6.07) is 14.1. The van der Waals surface area contributed by atoms with E-state index in [1.807, 2.05) is 26.0 Å². The van der Waals surface area contributed by atoms with Crippen molar-refractivity contribution in [1.29, 1.82) is 0 Å². The van der Waals surface area contributed by atoms with E-state index in [4.69, 9.17) is 0 Å². The second-order valence-corrected chi connectivity index (χ2v) is 9.31. The third kappa shape index (κ3) is 3.79. The van der Waals surface area contributed by atoms with Crippen LogP contribution in [-0.4, -0.2) is 38.9 Å². The van der Waals surface area contributed by atoms with Crippen LogP contribution in [0.1, 0.15) is 36.5 Å². The molecular weight excluding hydrogens is 344 g/mol. The highest BCUT2D eigenvalue weighted by Crippen LogP contribution is 2.25. The van der Waals surface area contributed by atoms with Crippen LogP contribution in [0.3, 0.4) is 0 Å². The number of aryl methyl sites for hydroxylation is 2. The minimum Gasteiger partial charge on any atom is -0.369 e. The molecule has 4 nitrogen and oxygen atoms in total. The zero-order valence-electron chi connectivity index (χ0n) is 16.1. The lowest BCUT2D eigenvalue weighted by atomic mass is 10.0. The van der Waals surface area contributed by atoms with Gasteiger partial charge in [-0.3, -0.25) is 0 Å². The van der Waals surface area contributed by atoms with Gasteiger partial charge in [0.2, 0.25) is 10.0 Å². The molecule has 5 heteroatoms. The first-order chi connectivity index (χ1) is 12.3. The van der Waals surface area contributed by atoms with E-state index in [0.29, 0.717) is 37.0 Å². The van der Waals surface area contributed by atoms with Gasteiger partial charge >= 0.3 is 0 Å². The first-order valence-corrected chi connectivity index (χ1v) is 10.7. The minimum absolute atomic E-state index is 0.429. The molecule has 1 aliphatic heterocycles. The fourth-order valence-electron chi connectivity index (χ4n) is 3.48. The summed E-state index contributed by atoms with van der Waals surface area (Å²) < 4.78 is 27.6. The first kappa shape index (κ1) is 18.9. The lowest BCUT2D eigenvalue weighted by molar-refractivity contribution is 0.384. The summed E-state index contributed by atoms with van der Waals surface area (Å²) in [4.78, 5) is 2.69. The van der Waals surface area contributed by atoms with E-state index in [-0.39, 0.29) is 0 Å². The molecule has 2 aromatic rings. The Labute approximate surface area is 157 Å². The van der Waals surface area contributed by atoms with Crippen LogP contribution in [0.15, 0.2) is 47.4 Å². The van der Waals surface area contributed by atoms with Crippen molar-refractivity contribution >= 4 is 15.7 Å². The van der Waals surface area contributed by atoms with E-state index >= 15 is 0 Å². The number of rotatable bonds is 4. The lowest BCUT2D eigenvalue weighted by Crippen LogP contribution is -2.48. The van der Waals surface area contributed by atoms with Crippen molar-refractivity contribution in [3.05, 3.63) is 59.2 Å². The lowest BCUT2D eigenvalue weighted by Gasteiger charge is -2.35. The molecule has 0 aromatic heterocycles. The summed E-state index contributed by atoms with van der Waals surface area (Å²) >= 11 is 0. The molecule has 140 valence electrons. The van der Waals surface area contributed by atoms with Crippen molar-refractivity contribution in [3.63, 3.8) is 0 Å². The van der Waals surface area contributed by atoms with Gasteiger partial charge in [-0.25, -0.2) is 8.42 Å². The molecule has 3 rings (SSSR count). The number of sulfonamides is 1. The van der Waals surface area contributed by atoms with Crippen LogP contribution in [0, 0.1) is 13.8 Å². The van der Waals surface area contributed by atoms with Crippen LogP contribution < -0.4 is 4.90 Å². The molecule has 1 saturated heterocycles. The van der Waals surface area contributed by atoms with Crippen molar-refractivity contribution in [3.8, 4) is 0 Å². The number of hydrogen-bond acceptors (Lipinski definition) is 3. The second-order valence-electron chi connectivity index (χ2n) is 7.41. The Kier molecular flexibility index (Phi) is 5.39. The van der Waals surface area contributed by atoms with E-state index in [9.17, 15) is 8.42 Å². The quantitative estimate of drug-likeness (QED) is 0.816. The van der Waals surface area contributed by atoms with Gasteiger partial charge in [-0.15, -0.1) is 0 Å². The van der Waals surface area contributed by atoms with E-state index in [0.717, 1.165) is 16.8 Å². The fourth-order valence-corrected chi connectivity index (χ4v) is 5.11. The number of piperazine rings is 1. The van der Waals surface area contributed by atoms with E-state index in [1.165, 1.54) is 5.56 Å². The molecule has 0 saturated carbocycles. The van der Waals surface area contributed by atoms with Crippen molar-refractivity contribution < 1.29 is 8.42 Å². The van der Waals surface area contributed by atoms with E-state index in [2.05, 4.69) is 43.0 Å². The van der Waals surface area contributed by atoms with Crippen molar-refractivity contribution in [2.45, 2.75) is 38.5 Å². The SMILES string of the molecule is Cc1ccc(S(=O)(=O)N2CCN(c3ccc(C(C)C)cc3)CC2)c(C)c1. The molecule has 0 spiro atoms. The van der Waals surface area contributed by atoms with Gasteiger partial charge in [0.15, 0.2) is 0 Å². The second kappa shape index (κ2) is 7.41. The molecule has 0 bridgehead atoms. The van der Waals surface area contributed by atoms with Crippen molar-refractivity contribution in [2.75, 3.05) is 31.1 Å². The standard InChI is InChI=1S/C21H28N2O2S/c1-16(2)19-6-8-20(9-7-19)22-11-13-23(14-12-22)26(24,25)21-10-5-17(3)15-18(21)4/h5-10,15-16H,11-14H2,1-4H3. The Balaban J connectivity index is 1.71. The highest BCUT2D eigenvalue weighted by atomic mass is 32.2. The zero-order chi connectivity index (χ0) is 18.9. The summed E-state index contributed by atoms with van der Waals surface area (Å²) in [6.07, 6.45) is 0. The maximum atomic E-state index is 13.0. The topological polar surface area (TPSA) is 40.6 Å². The zero-order valence-corrected chi connectivity index (χ0v) is 16.9. The van der Waals surface area contributed by atoms with Crippen LogP contribution >= 0.6 is 0 Å². The third-order valence-corrected chi connectivity index (χ3v) is 7.17. The molecule has 0 radical (unpaired) electrons. The van der Waals surface area contributed by atoms with E-state index in [1.54, 1.807) is 10.4 Å². The average Bonchev–Trinajstić information content (AvgIpc) is 2.61. The van der Waals surface area contributed by atoms with Gasteiger partial charge in [-0.05, 0) is 49.1 Å². The van der Waals surface area contributed by atoms with Crippen LogP contribution in [0.5, 0.6) is 0 Å². The molecule has 1 fully saturated rings. The summed E-state index contributed by atoms with van der Waals surface area (Å²) in [7, 11) is -3.43. The van der Waals surface area contributed by atoms with Crippen molar-refractivity contribution in [2.24, 2.45) is 0 Å². The number of hydrogen-bond donors (Lipinski definition) is 0. The molecule has 0 N–H and O–H groups in total. The summed E-state index contributed by atoms with van der Waals surface area (Å²) in [5, 5.41) is 0. The number of benzene rings is 2. The Morgan fingerprint density at radius 3 is 2.04 bits per heavy atom. The predicted octanol–water partition coefficient (Wildman–Crippen LogP) is 3.94. The van der Waals surface area contributed by atoms with Crippen LogP contribution in [0.2, 0.25) is 0 Å². The molecule has 0 atom stereocenters. The number of nitrogens with zero attached hydrogens (tertiary/aromatic N) is 2. The Morgan fingerprint density at radius 2 is 1.50 bits per heavy atom. The van der Waals surface area contributed by atoms with Crippen LogP contribution in [0.4, 0.5) is 5.69 Å². The highest BCUT2D eigenvalue weighted by molar-refractivity contribution is 7.89. The third-order valence-electron chi connectivity index (χ3n) is 5.11. The van der Waals surface area contributed by atoms with Crippen molar-refractivity contribution in [1.82, 2.24) is 4.31 Å². The van der Waals surface area contributed by atoms with Gasteiger partial charge in [-0.2, -0.15) is 4.31 Å². The highest BCUT2D eigenvalue weighted by Gasteiger charge is 2.29. The van der Waals surface area contributed by atoms with Gasteiger partial charge in [0.25, 0.3) is 0 Å². The molecule has 0 unspecified atom stereocenters. The summed E-state index contributed by atoms with van der Waals surface area (Å²) in [6.45, 7) is 10.7. The van der Waals surface area contributed by atoms with Gasteiger partial charge in [0.1, 0.15) is 0 Å². The van der Waals surface area contributed by atoms with Crippen LogP contribution in [-0.2, 0) is 10.0 Å². The Morgan fingerprint density at radius 1 is 0.885 bits per heavy atom. The van der Waals surface area contributed by atoms with Gasteiger partial charge in [0.05, 0.1) is 4.90 Å². The summed E-state index contributed by atoms with van der Waals surface area (Å²) in [5.74, 6) is 0.517. The van der Waals surface area contributed by atoms with Crippen LogP contribution in [0.25, 0.3) is 0 Å². The Hall–Kier alpha value is -1.85. The molecular formula is C21H28N2O2S. The molecule has 26 heavy (non-hydrogen) atoms. The monoisotopic (exact) mass is 372 g/mol.